The lowest BCUT2D eigenvalue weighted by molar-refractivity contribution is 0.407. The molecule has 96 valence electrons. The highest BCUT2D eigenvalue weighted by Crippen LogP contribution is 2.47. The molecule has 0 aliphatic carbocycles. The maximum absolute atomic E-state index is 9.96. The van der Waals surface area contributed by atoms with E-state index in [9.17, 15) is 10.2 Å². The molecule has 0 amide bonds. The summed E-state index contributed by atoms with van der Waals surface area (Å²) >= 11 is 6.74. The van der Waals surface area contributed by atoms with Gasteiger partial charge in [-0.05, 0) is 31.9 Å². The number of halogens is 2. The molecule has 0 unspecified atom stereocenters. The van der Waals surface area contributed by atoms with Gasteiger partial charge in [-0.3, -0.25) is 0 Å². The van der Waals surface area contributed by atoms with Crippen LogP contribution in [0.15, 0.2) is 49.8 Å². The zero-order valence-corrected chi connectivity index (χ0v) is 12.7. The third-order valence-corrected chi connectivity index (χ3v) is 4.19. The normalized spacial score (nSPS) is 11.1. The summed E-state index contributed by atoms with van der Waals surface area (Å²) in [5, 5.41) is 20.1. The van der Waals surface area contributed by atoms with Crippen molar-refractivity contribution in [1.82, 2.24) is 0 Å². The Kier molecular flexibility index (Phi) is 3.03. The molecule has 0 atom stereocenters. The molecule has 2 N–H and O–H groups in total. The lowest BCUT2D eigenvalue weighted by Crippen LogP contribution is -1.74. The zero-order valence-electron chi connectivity index (χ0n) is 9.52. The van der Waals surface area contributed by atoms with Gasteiger partial charge in [-0.1, -0.05) is 30.3 Å². The summed E-state index contributed by atoms with van der Waals surface area (Å²) in [7, 11) is 0. The van der Waals surface area contributed by atoms with Crippen LogP contribution in [0.1, 0.15) is 0 Å². The van der Waals surface area contributed by atoms with E-state index in [1.807, 2.05) is 30.3 Å². The van der Waals surface area contributed by atoms with Crippen molar-refractivity contribution >= 4 is 42.8 Å². The average Bonchev–Trinajstić information content (AvgIpc) is 2.76. The molecule has 0 saturated carbocycles. The highest BCUT2D eigenvalue weighted by molar-refractivity contribution is 9.11. The number of fused-ring (bicyclic) bond motifs is 1. The van der Waals surface area contributed by atoms with Crippen LogP contribution in [0.5, 0.6) is 11.5 Å². The first-order valence-corrected chi connectivity index (χ1v) is 7.06. The second-order valence-corrected chi connectivity index (χ2v) is 5.69. The number of phenolic OH excluding ortho intramolecular Hbond substituents is 2. The fourth-order valence-corrected chi connectivity index (χ4v) is 3.12. The van der Waals surface area contributed by atoms with E-state index in [1.165, 1.54) is 6.07 Å². The third kappa shape index (κ3) is 1.93. The number of furan rings is 1. The van der Waals surface area contributed by atoms with Crippen LogP contribution in [0, 0.1) is 0 Å². The van der Waals surface area contributed by atoms with E-state index >= 15 is 0 Å². The van der Waals surface area contributed by atoms with Gasteiger partial charge < -0.3 is 14.6 Å². The molecule has 3 rings (SSSR count). The molecule has 19 heavy (non-hydrogen) atoms. The predicted octanol–water partition coefficient (Wildman–Crippen LogP) is 5.04. The van der Waals surface area contributed by atoms with Gasteiger partial charge in [-0.2, -0.15) is 0 Å². The summed E-state index contributed by atoms with van der Waals surface area (Å²) in [4.78, 5) is 0. The molecule has 1 heterocycles. The van der Waals surface area contributed by atoms with E-state index in [0.29, 0.717) is 25.7 Å². The van der Waals surface area contributed by atoms with Gasteiger partial charge in [0.25, 0.3) is 0 Å². The van der Waals surface area contributed by atoms with Crippen LogP contribution in [0.2, 0.25) is 0 Å². The van der Waals surface area contributed by atoms with E-state index in [0.717, 1.165) is 5.56 Å². The summed E-state index contributed by atoms with van der Waals surface area (Å²) < 4.78 is 6.98. The quantitative estimate of drug-likeness (QED) is 0.579. The Morgan fingerprint density at radius 2 is 1.68 bits per heavy atom. The van der Waals surface area contributed by atoms with Crippen molar-refractivity contribution in [2.45, 2.75) is 0 Å². The van der Waals surface area contributed by atoms with Crippen LogP contribution < -0.4 is 0 Å². The minimum Gasteiger partial charge on any atom is -0.504 e. The Labute approximate surface area is 125 Å². The smallest absolute Gasteiger partial charge is 0.170 e. The van der Waals surface area contributed by atoms with Crippen LogP contribution >= 0.6 is 31.9 Å². The second-order valence-electron chi connectivity index (χ2n) is 4.04. The fraction of sp³-hybridized carbons (Fsp3) is 0. The van der Waals surface area contributed by atoms with Gasteiger partial charge in [-0.25, -0.2) is 0 Å². The molecular formula is C14H8Br2O3. The van der Waals surface area contributed by atoms with Crippen LogP contribution in [0.4, 0.5) is 0 Å². The molecule has 1 aromatic heterocycles. The molecular weight excluding hydrogens is 376 g/mol. The van der Waals surface area contributed by atoms with Gasteiger partial charge in [0.2, 0.25) is 0 Å². The molecule has 5 heteroatoms. The average molecular weight is 384 g/mol. The van der Waals surface area contributed by atoms with Crippen molar-refractivity contribution in [3.8, 4) is 22.8 Å². The first-order chi connectivity index (χ1) is 9.09. The van der Waals surface area contributed by atoms with Gasteiger partial charge in [0.1, 0.15) is 5.76 Å². The summed E-state index contributed by atoms with van der Waals surface area (Å²) in [5.74, 6) is 0.216. The molecule has 0 bridgehead atoms. The summed E-state index contributed by atoms with van der Waals surface area (Å²) in [6.45, 7) is 0. The standard InChI is InChI=1S/C14H8Br2O3/c15-8-6-9(17)12(18)10-11(16)13(19-14(8)10)7-4-2-1-3-5-7/h1-6,17-18H. The van der Waals surface area contributed by atoms with Crippen LogP contribution in [-0.4, -0.2) is 10.2 Å². The monoisotopic (exact) mass is 382 g/mol. The Morgan fingerprint density at radius 3 is 2.37 bits per heavy atom. The maximum Gasteiger partial charge on any atom is 0.170 e. The number of benzene rings is 2. The van der Waals surface area contributed by atoms with E-state index < -0.39 is 0 Å². The molecule has 0 aliphatic heterocycles. The first kappa shape index (κ1) is 12.6. The maximum atomic E-state index is 9.96. The highest BCUT2D eigenvalue weighted by atomic mass is 79.9. The lowest BCUT2D eigenvalue weighted by Gasteiger charge is -2.00. The Hall–Kier alpha value is -1.46. The van der Waals surface area contributed by atoms with Crippen molar-refractivity contribution in [3.05, 3.63) is 45.3 Å². The van der Waals surface area contributed by atoms with E-state index in [1.54, 1.807) is 0 Å². The topological polar surface area (TPSA) is 53.6 Å². The predicted molar refractivity (Wildman–Crippen MR) is 80.4 cm³/mol. The molecule has 0 radical (unpaired) electrons. The molecule has 0 spiro atoms. The largest absolute Gasteiger partial charge is 0.504 e. The molecule has 0 saturated heterocycles. The van der Waals surface area contributed by atoms with E-state index in [4.69, 9.17) is 4.42 Å². The fourth-order valence-electron chi connectivity index (χ4n) is 1.95. The van der Waals surface area contributed by atoms with Gasteiger partial charge in [0.05, 0.1) is 14.3 Å². The lowest BCUT2D eigenvalue weighted by atomic mass is 10.1. The van der Waals surface area contributed by atoms with Crippen LogP contribution in [0.3, 0.4) is 0 Å². The van der Waals surface area contributed by atoms with Crippen molar-refractivity contribution in [3.63, 3.8) is 0 Å². The summed E-state index contributed by atoms with van der Waals surface area (Å²) in [5.41, 5.74) is 1.37. The van der Waals surface area contributed by atoms with Crippen LogP contribution in [-0.2, 0) is 0 Å². The SMILES string of the molecule is Oc1cc(Br)c2oc(-c3ccccc3)c(Br)c2c1O. The number of phenols is 2. The zero-order chi connectivity index (χ0) is 13.6. The molecule has 0 fully saturated rings. The van der Waals surface area contributed by atoms with Crippen LogP contribution in [0.25, 0.3) is 22.3 Å². The van der Waals surface area contributed by atoms with Crippen molar-refractivity contribution in [2.24, 2.45) is 0 Å². The number of rotatable bonds is 1. The minimum atomic E-state index is -0.198. The Morgan fingerprint density at radius 1 is 1.00 bits per heavy atom. The number of hydrogen-bond donors (Lipinski definition) is 2. The third-order valence-electron chi connectivity index (χ3n) is 2.85. The minimum absolute atomic E-state index is 0.194. The Bertz CT molecular complexity index is 763. The molecule has 3 aromatic rings. The molecule has 2 aromatic carbocycles. The number of aromatic hydroxyl groups is 2. The number of hydrogen-bond acceptors (Lipinski definition) is 3. The van der Waals surface area contributed by atoms with Crippen molar-refractivity contribution in [2.75, 3.05) is 0 Å². The highest BCUT2D eigenvalue weighted by Gasteiger charge is 2.21. The molecule has 0 aliphatic rings. The van der Waals surface area contributed by atoms with Gasteiger partial charge in [-0.15, -0.1) is 0 Å². The van der Waals surface area contributed by atoms with Gasteiger partial charge in [0.15, 0.2) is 17.1 Å². The summed E-state index contributed by atoms with van der Waals surface area (Å²) in [6, 6.07) is 10.9. The Balaban J connectivity index is 2.39. The van der Waals surface area contributed by atoms with Crippen molar-refractivity contribution < 1.29 is 14.6 Å². The van der Waals surface area contributed by atoms with E-state index in [2.05, 4.69) is 31.9 Å². The molecule has 3 nitrogen and oxygen atoms in total. The van der Waals surface area contributed by atoms with Gasteiger partial charge in [0, 0.05) is 11.6 Å². The van der Waals surface area contributed by atoms with Crippen molar-refractivity contribution in [1.29, 1.82) is 0 Å². The van der Waals surface area contributed by atoms with Gasteiger partial charge >= 0.3 is 0 Å². The summed E-state index contributed by atoms with van der Waals surface area (Å²) in [6.07, 6.45) is 0. The second kappa shape index (κ2) is 4.58. The first-order valence-electron chi connectivity index (χ1n) is 5.47. The van der Waals surface area contributed by atoms with E-state index in [-0.39, 0.29) is 11.5 Å².